The minimum Gasteiger partial charge on any atom is -0.381 e. The molecule has 0 spiro atoms. The van der Waals surface area contributed by atoms with Gasteiger partial charge in [0.05, 0.1) is 17.1 Å². The van der Waals surface area contributed by atoms with E-state index in [-0.39, 0.29) is 29.9 Å². The first-order valence-corrected chi connectivity index (χ1v) is 8.96. The molecule has 0 aliphatic carbocycles. The topological polar surface area (TPSA) is 54.8 Å². The molecule has 1 aromatic rings. The number of amides is 2. The highest BCUT2D eigenvalue weighted by molar-refractivity contribution is 6.31. The summed E-state index contributed by atoms with van der Waals surface area (Å²) in [5.41, 5.74) is 0.581. The normalized spacial score (nSPS) is 27.8. The Morgan fingerprint density at radius 1 is 1.25 bits per heavy atom. The summed E-state index contributed by atoms with van der Waals surface area (Å²) in [7, 11) is 1.82. The summed E-state index contributed by atoms with van der Waals surface area (Å²) in [5.74, 6) is 0.151. The molecule has 3 saturated heterocycles. The van der Waals surface area contributed by atoms with E-state index in [2.05, 4.69) is 4.90 Å². The summed E-state index contributed by atoms with van der Waals surface area (Å²) in [4.78, 5) is 29.4. The van der Waals surface area contributed by atoms with Crippen LogP contribution >= 0.6 is 11.6 Å². The van der Waals surface area contributed by atoms with Crippen LogP contribution in [0.5, 0.6) is 0 Å². The smallest absolute Gasteiger partial charge is 0.270 e. The number of hydrogen-bond acceptors (Lipinski definition) is 3. The molecule has 2 amide bonds. The van der Waals surface area contributed by atoms with Crippen LogP contribution in [0, 0.1) is 0 Å². The molecule has 6 nitrogen and oxygen atoms in total. The van der Waals surface area contributed by atoms with E-state index in [1.54, 1.807) is 16.8 Å². The minimum atomic E-state index is -0.0291. The van der Waals surface area contributed by atoms with Gasteiger partial charge in [-0.05, 0) is 25.3 Å². The number of aryl methyl sites for hydroxylation is 1. The van der Waals surface area contributed by atoms with E-state index in [1.165, 1.54) is 0 Å². The SMILES string of the molecule is Cn1cc(Cl)cc1C(=O)N1CC[C@H]2[C@@H]1CC(=O)N2C1CCOCC1. The molecule has 3 fully saturated rings. The highest BCUT2D eigenvalue weighted by Gasteiger charge is 2.50. The molecule has 2 atom stereocenters. The van der Waals surface area contributed by atoms with Crippen LogP contribution in [0.2, 0.25) is 5.02 Å². The summed E-state index contributed by atoms with van der Waals surface area (Å²) >= 11 is 6.01. The Bertz CT molecular complexity index is 668. The summed E-state index contributed by atoms with van der Waals surface area (Å²) in [6.45, 7) is 2.14. The van der Waals surface area contributed by atoms with Gasteiger partial charge in [-0.25, -0.2) is 0 Å². The molecule has 24 heavy (non-hydrogen) atoms. The average Bonchev–Trinajstić information content (AvgIpc) is 3.20. The maximum absolute atomic E-state index is 12.9. The van der Waals surface area contributed by atoms with Crippen molar-refractivity contribution in [1.29, 1.82) is 0 Å². The summed E-state index contributed by atoms with van der Waals surface area (Å²) in [6, 6.07) is 2.10. The van der Waals surface area contributed by atoms with Gasteiger partial charge >= 0.3 is 0 Å². The van der Waals surface area contributed by atoms with Gasteiger partial charge in [0, 0.05) is 45.5 Å². The largest absolute Gasteiger partial charge is 0.381 e. The first-order chi connectivity index (χ1) is 11.6. The standard InChI is InChI=1S/C17H22ClN3O3/c1-19-10-11(18)8-15(19)17(23)20-5-2-13-14(20)9-16(22)21(13)12-3-6-24-7-4-12/h8,10,12-14H,2-7,9H2,1H3/t13-,14-/m0/s1. The van der Waals surface area contributed by atoms with Gasteiger partial charge in [-0.1, -0.05) is 11.6 Å². The number of rotatable bonds is 2. The molecule has 130 valence electrons. The predicted octanol–water partition coefficient (Wildman–Crippen LogP) is 1.67. The van der Waals surface area contributed by atoms with Crippen molar-refractivity contribution >= 4 is 23.4 Å². The number of ether oxygens (including phenoxy) is 1. The van der Waals surface area contributed by atoms with Crippen molar-refractivity contribution in [3.63, 3.8) is 0 Å². The van der Waals surface area contributed by atoms with Gasteiger partial charge in [0.2, 0.25) is 5.91 Å². The van der Waals surface area contributed by atoms with Gasteiger partial charge in [-0.2, -0.15) is 0 Å². The molecule has 0 radical (unpaired) electrons. The van der Waals surface area contributed by atoms with Gasteiger partial charge in [0.15, 0.2) is 0 Å². The number of carbonyl (C=O) groups is 2. The van der Waals surface area contributed by atoms with Crippen molar-refractivity contribution in [3.05, 3.63) is 23.0 Å². The molecule has 1 aromatic heterocycles. The lowest BCUT2D eigenvalue weighted by Crippen LogP contribution is -2.46. The van der Waals surface area contributed by atoms with Crippen molar-refractivity contribution in [2.24, 2.45) is 7.05 Å². The molecule has 0 saturated carbocycles. The maximum Gasteiger partial charge on any atom is 0.270 e. The first-order valence-electron chi connectivity index (χ1n) is 8.58. The second-order valence-corrected chi connectivity index (χ2v) is 7.36. The fraction of sp³-hybridized carbons (Fsp3) is 0.647. The summed E-state index contributed by atoms with van der Waals surface area (Å²) in [5, 5.41) is 0.558. The number of aromatic nitrogens is 1. The van der Waals surface area contributed by atoms with Crippen LogP contribution in [0.25, 0.3) is 0 Å². The lowest BCUT2D eigenvalue weighted by molar-refractivity contribution is -0.133. The fourth-order valence-electron chi connectivity index (χ4n) is 4.45. The molecule has 4 heterocycles. The lowest BCUT2D eigenvalue weighted by Gasteiger charge is -2.35. The van der Waals surface area contributed by atoms with Crippen LogP contribution in [0.1, 0.15) is 36.2 Å². The van der Waals surface area contributed by atoms with Gasteiger partial charge in [0.25, 0.3) is 5.91 Å². The van der Waals surface area contributed by atoms with Crippen LogP contribution in [-0.2, 0) is 16.6 Å². The predicted molar refractivity (Wildman–Crippen MR) is 89.0 cm³/mol. The van der Waals surface area contributed by atoms with Crippen LogP contribution in [0.3, 0.4) is 0 Å². The Labute approximate surface area is 146 Å². The molecule has 4 rings (SSSR count). The second-order valence-electron chi connectivity index (χ2n) is 6.93. The second kappa shape index (κ2) is 6.08. The van der Waals surface area contributed by atoms with Gasteiger partial charge in [-0.3, -0.25) is 9.59 Å². The van der Waals surface area contributed by atoms with Crippen molar-refractivity contribution in [3.8, 4) is 0 Å². The van der Waals surface area contributed by atoms with Gasteiger partial charge in [-0.15, -0.1) is 0 Å². The van der Waals surface area contributed by atoms with E-state index in [1.807, 2.05) is 11.9 Å². The molecule has 0 bridgehead atoms. The highest BCUT2D eigenvalue weighted by atomic mass is 35.5. The van der Waals surface area contributed by atoms with Crippen molar-refractivity contribution in [2.45, 2.75) is 43.8 Å². The van der Waals surface area contributed by atoms with Crippen LogP contribution in [0.4, 0.5) is 0 Å². The van der Waals surface area contributed by atoms with E-state index in [0.717, 1.165) is 32.5 Å². The number of hydrogen-bond donors (Lipinski definition) is 0. The Hall–Kier alpha value is -1.53. The number of carbonyl (C=O) groups excluding carboxylic acids is 2. The zero-order valence-electron chi connectivity index (χ0n) is 13.8. The van der Waals surface area contributed by atoms with Crippen LogP contribution < -0.4 is 0 Å². The zero-order valence-corrected chi connectivity index (χ0v) is 14.5. The number of fused-ring (bicyclic) bond motifs is 1. The Morgan fingerprint density at radius 3 is 2.67 bits per heavy atom. The van der Waals surface area contributed by atoms with Crippen LogP contribution in [-0.4, -0.2) is 64.1 Å². The molecular formula is C17H22ClN3O3. The number of likely N-dealkylation sites (tertiary alicyclic amines) is 2. The third-order valence-corrected chi connectivity index (χ3v) is 5.78. The molecule has 3 aliphatic heterocycles. The lowest BCUT2D eigenvalue weighted by atomic mass is 10.0. The molecule has 7 heteroatoms. The third-order valence-electron chi connectivity index (χ3n) is 5.58. The minimum absolute atomic E-state index is 0.0125. The Morgan fingerprint density at radius 2 is 2.00 bits per heavy atom. The zero-order chi connectivity index (χ0) is 16.8. The third kappa shape index (κ3) is 2.52. The number of halogens is 1. The Kier molecular flexibility index (Phi) is 4.04. The highest BCUT2D eigenvalue weighted by Crippen LogP contribution is 2.36. The molecule has 0 unspecified atom stereocenters. The van der Waals surface area contributed by atoms with E-state index in [4.69, 9.17) is 16.3 Å². The molecular weight excluding hydrogens is 330 g/mol. The molecule has 0 N–H and O–H groups in total. The van der Waals surface area contributed by atoms with Crippen molar-refractivity contribution in [1.82, 2.24) is 14.4 Å². The Balaban J connectivity index is 1.54. The van der Waals surface area contributed by atoms with E-state index in [9.17, 15) is 9.59 Å². The number of nitrogens with zero attached hydrogens (tertiary/aromatic N) is 3. The van der Waals surface area contributed by atoms with Crippen molar-refractivity contribution < 1.29 is 14.3 Å². The van der Waals surface area contributed by atoms with Gasteiger partial charge < -0.3 is 19.1 Å². The van der Waals surface area contributed by atoms with E-state index in [0.29, 0.717) is 23.7 Å². The quantitative estimate of drug-likeness (QED) is 0.814. The van der Waals surface area contributed by atoms with Crippen LogP contribution in [0.15, 0.2) is 12.3 Å². The maximum atomic E-state index is 12.9. The van der Waals surface area contributed by atoms with E-state index < -0.39 is 0 Å². The first kappa shape index (κ1) is 16.0. The van der Waals surface area contributed by atoms with E-state index >= 15 is 0 Å². The molecule has 0 aromatic carbocycles. The monoisotopic (exact) mass is 351 g/mol. The molecule has 3 aliphatic rings. The average molecular weight is 352 g/mol. The van der Waals surface area contributed by atoms with Gasteiger partial charge in [0.1, 0.15) is 5.69 Å². The summed E-state index contributed by atoms with van der Waals surface area (Å²) in [6.07, 6.45) is 4.83. The fourth-order valence-corrected chi connectivity index (χ4v) is 4.70. The summed E-state index contributed by atoms with van der Waals surface area (Å²) < 4.78 is 7.18. The van der Waals surface area contributed by atoms with Crippen molar-refractivity contribution in [2.75, 3.05) is 19.8 Å².